The predicted octanol–water partition coefficient (Wildman–Crippen LogP) is 0.913. The lowest BCUT2D eigenvalue weighted by Gasteiger charge is -2.03. The third kappa shape index (κ3) is 2.95. The number of thiazole rings is 1. The molecule has 0 atom stereocenters. The number of aromatic amines is 1. The summed E-state index contributed by atoms with van der Waals surface area (Å²) in [6.07, 6.45) is 2.99. The molecule has 8 nitrogen and oxygen atoms in total. The second-order valence-corrected chi connectivity index (χ2v) is 5.89. The van der Waals surface area contributed by atoms with Crippen LogP contribution in [0, 0.1) is 6.92 Å². The van der Waals surface area contributed by atoms with Gasteiger partial charge in [-0.25, -0.2) is 9.97 Å². The quantitative estimate of drug-likeness (QED) is 0.692. The van der Waals surface area contributed by atoms with Gasteiger partial charge in [-0.15, -0.1) is 16.4 Å². The van der Waals surface area contributed by atoms with Crippen LogP contribution in [0.4, 0.5) is 5.69 Å². The minimum atomic E-state index is -0.309. The van der Waals surface area contributed by atoms with E-state index < -0.39 is 0 Å². The Bertz CT molecular complexity index is 852. The zero-order valence-corrected chi connectivity index (χ0v) is 12.5. The first kappa shape index (κ1) is 13.8. The summed E-state index contributed by atoms with van der Waals surface area (Å²) in [6.45, 7) is 1.78. The second-order valence-electron chi connectivity index (χ2n) is 4.07. The maximum Gasteiger partial charge on any atom is 0.282 e. The summed E-state index contributed by atoms with van der Waals surface area (Å²) in [6, 6.07) is 0. The summed E-state index contributed by atoms with van der Waals surface area (Å²) < 4.78 is 1.39. The molecule has 0 aliphatic heterocycles. The van der Waals surface area contributed by atoms with E-state index in [9.17, 15) is 9.59 Å². The fourth-order valence-electron chi connectivity index (χ4n) is 1.61. The molecule has 2 N–H and O–H groups in total. The number of anilines is 1. The molecule has 1 amide bonds. The third-order valence-electron chi connectivity index (χ3n) is 2.53. The number of rotatable bonds is 4. The Hall–Kier alpha value is -2.20. The number of hydrogen-bond acceptors (Lipinski definition) is 7. The van der Waals surface area contributed by atoms with Crippen molar-refractivity contribution in [3.63, 3.8) is 0 Å². The molecule has 3 rings (SSSR count). The first-order valence-corrected chi connectivity index (χ1v) is 7.76. The Kier molecular flexibility index (Phi) is 3.71. The van der Waals surface area contributed by atoms with Gasteiger partial charge in [0, 0.05) is 11.6 Å². The van der Waals surface area contributed by atoms with Gasteiger partial charge in [-0.05, 0) is 6.92 Å². The highest BCUT2D eigenvalue weighted by atomic mass is 32.2. The second kappa shape index (κ2) is 5.66. The van der Waals surface area contributed by atoms with Crippen molar-refractivity contribution in [2.24, 2.45) is 0 Å². The van der Waals surface area contributed by atoms with Gasteiger partial charge in [0.15, 0.2) is 4.96 Å². The van der Waals surface area contributed by atoms with Crippen LogP contribution in [0.2, 0.25) is 0 Å². The fraction of sp³-hybridized carbons (Fsp3) is 0.182. The summed E-state index contributed by atoms with van der Waals surface area (Å²) in [5.41, 5.74) is -0.143. The first-order chi connectivity index (χ1) is 10.1. The van der Waals surface area contributed by atoms with Gasteiger partial charge in [0.05, 0.1) is 11.9 Å². The molecule has 108 valence electrons. The molecule has 3 aromatic heterocycles. The van der Waals surface area contributed by atoms with Gasteiger partial charge in [-0.3, -0.25) is 19.1 Å². The average molecular weight is 322 g/mol. The molecule has 0 unspecified atom stereocenters. The van der Waals surface area contributed by atoms with Crippen molar-refractivity contribution < 1.29 is 4.79 Å². The SMILES string of the molecule is Cc1nc(SCC(=O)Nc2cnc3sccn3c2=O)n[nH]1. The van der Waals surface area contributed by atoms with Crippen molar-refractivity contribution in [2.75, 3.05) is 11.1 Å². The predicted molar refractivity (Wildman–Crippen MR) is 79.8 cm³/mol. The normalized spacial score (nSPS) is 10.9. The summed E-state index contributed by atoms with van der Waals surface area (Å²) in [7, 11) is 0. The van der Waals surface area contributed by atoms with Crippen LogP contribution in [0.5, 0.6) is 0 Å². The highest BCUT2D eigenvalue weighted by molar-refractivity contribution is 7.99. The number of nitrogens with one attached hydrogen (secondary N) is 2. The van der Waals surface area contributed by atoms with Gasteiger partial charge < -0.3 is 5.32 Å². The number of thioether (sulfide) groups is 1. The molecule has 0 saturated carbocycles. The van der Waals surface area contributed by atoms with E-state index in [1.165, 1.54) is 33.7 Å². The van der Waals surface area contributed by atoms with Crippen molar-refractivity contribution >= 4 is 39.7 Å². The lowest BCUT2D eigenvalue weighted by molar-refractivity contribution is -0.113. The number of H-pyrrole nitrogens is 1. The van der Waals surface area contributed by atoms with Crippen molar-refractivity contribution in [3.8, 4) is 0 Å². The van der Waals surface area contributed by atoms with Gasteiger partial charge in [0.25, 0.3) is 5.56 Å². The Labute approximate surface area is 126 Å². The Balaban J connectivity index is 1.68. The van der Waals surface area contributed by atoms with Gasteiger partial charge >= 0.3 is 0 Å². The molecule has 0 bridgehead atoms. The number of carbonyl (C=O) groups excluding carboxylic acids is 1. The van der Waals surface area contributed by atoms with Crippen LogP contribution in [-0.4, -0.2) is 36.2 Å². The number of fused-ring (bicyclic) bond motifs is 1. The van der Waals surface area contributed by atoms with Crippen molar-refractivity contribution in [1.29, 1.82) is 0 Å². The van der Waals surface area contributed by atoms with Gasteiger partial charge in [-0.2, -0.15) is 0 Å². The number of aryl methyl sites for hydroxylation is 1. The minimum absolute atomic E-state index is 0.114. The molecule has 10 heteroatoms. The number of aromatic nitrogens is 5. The van der Waals surface area contributed by atoms with Crippen molar-refractivity contribution in [2.45, 2.75) is 12.1 Å². The number of hydrogen-bond donors (Lipinski definition) is 2. The van der Waals surface area contributed by atoms with E-state index in [1.54, 1.807) is 18.5 Å². The van der Waals surface area contributed by atoms with Crippen LogP contribution in [0.25, 0.3) is 4.96 Å². The number of carbonyl (C=O) groups is 1. The summed E-state index contributed by atoms with van der Waals surface area (Å²) in [4.78, 5) is 32.7. The summed E-state index contributed by atoms with van der Waals surface area (Å²) >= 11 is 2.54. The van der Waals surface area contributed by atoms with E-state index in [-0.39, 0.29) is 22.9 Å². The molecule has 3 aromatic rings. The molecule has 0 aromatic carbocycles. The Morgan fingerprint density at radius 1 is 1.57 bits per heavy atom. The largest absolute Gasteiger partial charge is 0.319 e. The van der Waals surface area contributed by atoms with E-state index in [2.05, 4.69) is 25.5 Å². The van der Waals surface area contributed by atoms with Crippen molar-refractivity contribution in [1.82, 2.24) is 24.6 Å². The fourth-order valence-corrected chi connectivity index (χ4v) is 2.93. The van der Waals surface area contributed by atoms with Crippen molar-refractivity contribution in [3.05, 3.63) is 34.0 Å². The molecule has 0 aliphatic rings. The minimum Gasteiger partial charge on any atom is -0.319 e. The smallest absolute Gasteiger partial charge is 0.282 e. The van der Waals surface area contributed by atoms with Crippen LogP contribution in [0.15, 0.2) is 27.7 Å². The standard InChI is InChI=1S/C11H10N6O2S2/c1-6-13-10(16-15-6)21-5-8(18)14-7-4-12-11-17(9(7)19)2-3-20-11/h2-4H,5H2,1H3,(H,14,18)(H,13,15,16). The number of nitrogens with zero attached hydrogens (tertiary/aromatic N) is 4. The lowest BCUT2D eigenvalue weighted by Crippen LogP contribution is -2.23. The van der Waals surface area contributed by atoms with Gasteiger partial charge in [0.2, 0.25) is 11.1 Å². The highest BCUT2D eigenvalue weighted by Gasteiger charge is 2.11. The average Bonchev–Trinajstić information content (AvgIpc) is 3.09. The van der Waals surface area contributed by atoms with E-state index >= 15 is 0 Å². The van der Waals surface area contributed by atoms with E-state index in [1.807, 2.05) is 0 Å². The Morgan fingerprint density at radius 3 is 3.19 bits per heavy atom. The zero-order valence-electron chi connectivity index (χ0n) is 10.9. The van der Waals surface area contributed by atoms with E-state index in [0.29, 0.717) is 15.9 Å². The molecule has 3 heterocycles. The molecule has 21 heavy (non-hydrogen) atoms. The number of amides is 1. The van der Waals surface area contributed by atoms with Crippen LogP contribution in [0.3, 0.4) is 0 Å². The molecule has 0 spiro atoms. The van der Waals surface area contributed by atoms with Crippen LogP contribution >= 0.6 is 23.1 Å². The van der Waals surface area contributed by atoms with E-state index in [0.717, 1.165) is 0 Å². The van der Waals surface area contributed by atoms with Gasteiger partial charge in [-0.1, -0.05) is 11.8 Å². The molecule has 0 aliphatic carbocycles. The topological polar surface area (TPSA) is 105 Å². The van der Waals surface area contributed by atoms with Gasteiger partial charge in [0.1, 0.15) is 11.5 Å². The molecule has 0 radical (unpaired) electrons. The van der Waals surface area contributed by atoms with Crippen LogP contribution in [0.1, 0.15) is 5.82 Å². The monoisotopic (exact) mass is 322 g/mol. The first-order valence-electron chi connectivity index (χ1n) is 5.90. The zero-order chi connectivity index (χ0) is 14.8. The molecule has 0 fully saturated rings. The Morgan fingerprint density at radius 2 is 2.43 bits per heavy atom. The molecular formula is C11H10N6O2S2. The maximum atomic E-state index is 12.1. The summed E-state index contributed by atoms with van der Waals surface area (Å²) in [5.74, 6) is 0.489. The van der Waals surface area contributed by atoms with Crippen LogP contribution in [-0.2, 0) is 4.79 Å². The van der Waals surface area contributed by atoms with Crippen LogP contribution < -0.4 is 10.9 Å². The third-order valence-corrected chi connectivity index (χ3v) is 4.14. The lowest BCUT2D eigenvalue weighted by atomic mass is 10.5. The molecular weight excluding hydrogens is 312 g/mol. The highest BCUT2D eigenvalue weighted by Crippen LogP contribution is 2.12. The maximum absolute atomic E-state index is 12.1. The van der Waals surface area contributed by atoms with E-state index in [4.69, 9.17) is 0 Å². The molecule has 0 saturated heterocycles. The summed E-state index contributed by atoms with van der Waals surface area (Å²) in [5, 5.41) is 11.4.